The van der Waals surface area contributed by atoms with Crippen molar-refractivity contribution in [1.29, 1.82) is 0 Å². The first-order valence-corrected chi connectivity index (χ1v) is 6.04. The number of aliphatic carboxylic acids is 1. The van der Waals surface area contributed by atoms with Gasteiger partial charge in [0.15, 0.2) is 0 Å². The molecule has 0 radical (unpaired) electrons. The van der Waals surface area contributed by atoms with Crippen LogP contribution >= 0.6 is 15.9 Å². The summed E-state index contributed by atoms with van der Waals surface area (Å²) in [6, 6.07) is 9.89. The van der Waals surface area contributed by atoms with Crippen molar-refractivity contribution in [3.63, 3.8) is 0 Å². The second-order valence-electron chi connectivity index (χ2n) is 4.40. The number of benzene rings is 1. The maximum atomic E-state index is 11.2. The summed E-state index contributed by atoms with van der Waals surface area (Å²) in [7, 11) is 0. The van der Waals surface area contributed by atoms with Crippen LogP contribution in [0.2, 0.25) is 0 Å². The van der Waals surface area contributed by atoms with Crippen molar-refractivity contribution in [3.05, 3.63) is 35.9 Å². The maximum Gasteiger partial charge on any atom is 0.310 e. The molecule has 2 rings (SSSR count). The topological polar surface area (TPSA) is 37.3 Å². The smallest absolute Gasteiger partial charge is 0.310 e. The Bertz CT molecular complexity index is 390. The van der Waals surface area contributed by atoms with Gasteiger partial charge in [-0.1, -0.05) is 46.3 Å². The van der Waals surface area contributed by atoms with Crippen molar-refractivity contribution in [1.82, 2.24) is 0 Å². The first kappa shape index (κ1) is 10.7. The first-order valence-electron chi connectivity index (χ1n) is 4.92. The average Bonchev–Trinajstić information content (AvgIpc) is 2.89. The van der Waals surface area contributed by atoms with E-state index in [1.165, 1.54) is 0 Å². The highest BCUT2D eigenvalue weighted by Gasteiger charge is 2.69. The van der Waals surface area contributed by atoms with E-state index in [0.717, 1.165) is 5.56 Å². The van der Waals surface area contributed by atoms with Crippen LogP contribution in [0.4, 0.5) is 0 Å². The maximum absolute atomic E-state index is 11.2. The fourth-order valence-corrected chi connectivity index (χ4v) is 3.43. The summed E-state index contributed by atoms with van der Waals surface area (Å²) in [6.45, 7) is 1.82. The largest absolute Gasteiger partial charge is 0.481 e. The molecule has 0 spiro atoms. The Morgan fingerprint density at radius 2 is 2.07 bits per heavy atom. The van der Waals surface area contributed by atoms with Gasteiger partial charge in [-0.25, -0.2) is 0 Å². The molecular weight excluding hydrogens is 256 g/mol. The van der Waals surface area contributed by atoms with Crippen molar-refractivity contribution in [2.75, 3.05) is 5.33 Å². The molecular formula is C12H13BrO2. The third-order valence-electron chi connectivity index (χ3n) is 3.61. The van der Waals surface area contributed by atoms with Gasteiger partial charge in [0, 0.05) is 10.7 Å². The summed E-state index contributed by atoms with van der Waals surface area (Å²) in [5.41, 5.74) is 0.282. The van der Waals surface area contributed by atoms with Crippen LogP contribution < -0.4 is 0 Å². The lowest BCUT2D eigenvalue weighted by Gasteiger charge is -2.18. The Hall–Kier alpha value is -0.830. The number of halogens is 1. The van der Waals surface area contributed by atoms with Gasteiger partial charge in [0.2, 0.25) is 0 Å². The standard InChI is InChI=1S/C12H13BrO2/c1-11(10(14)15)7-12(11,8-13)9-5-3-2-4-6-9/h2-6H,7-8H2,1H3,(H,14,15)/t11-,12+/m0/s1. The van der Waals surface area contributed by atoms with E-state index in [9.17, 15) is 9.90 Å². The SMILES string of the molecule is C[C@@]1(C(=O)O)C[C@@]1(CBr)c1ccccc1. The molecule has 0 amide bonds. The zero-order valence-electron chi connectivity index (χ0n) is 8.53. The quantitative estimate of drug-likeness (QED) is 0.857. The van der Waals surface area contributed by atoms with Crippen LogP contribution in [0.1, 0.15) is 18.9 Å². The van der Waals surface area contributed by atoms with Crippen LogP contribution in [0.5, 0.6) is 0 Å². The van der Waals surface area contributed by atoms with Crippen LogP contribution in [0.15, 0.2) is 30.3 Å². The normalized spacial score (nSPS) is 33.7. The summed E-state index contributed by atoms with van der Waals surface area (Å²) in [5.74, 6) is -0.703. The highest BCUT2D eigenvalue weighted by Crippen LogP contribution is 2.65. The number of carboxylic acid groups (broad SMARTS) is 1. The van der Waals surface area contributed by atoms with Crippen molar-refractivity contribution in [2.45, 2.75) is 18.8 Å². The predicted molar refractivity (Wildman–Crippen MR) is 62.3 cm³/mol. The fourth-order valence-electron chi connectivity index (χ4n) is 2.29. The van der Waals surface area contributed by atoms with Gasteiger partial charge < -0.3 is 5.11 Å². The number of hydrogen-bond acceptors (Lipinski definition) is 1. The minimum absolute atomic E-state index is 0.222. The molecule has 0 saturated heterocycles. The van der Waals surface area contributed by atoms with E-state index in [2.05, 4.69) is 15.9 Å². The number of carboxylic acids is 1. The molecule has 15 heavy (non-hydrogen) atoms. The van der Waals surface area contributed by atoms with Crippen LogP contribution in [-0.4, -0.2) is 16.4 Å². The second kappa shape index (κ2) is 3.34. The predicted octanol–water partition coefficient (Wildman–Crippen LogP) is 2.81. The van der Waals surface area contributed by atoms with Crippen molar-refractivity contribution in [3.8, 4) is 0 Å². The Balaban J connectivity index is 2.40. The van der Waals surface area contributed by atoms with E-state index in [0.29, 0.717) is 11.8 Å². The summed E-state index contributed by atoms with van der Waals surface area (Å²) in [4.78, 5) is 11.2. The molecule has 1 aromatic carbocycles. The van der Waals surface area contributed by atoms with Crippen molar-refractivity contribution >= 4 is 21.9 Å². The molecule has 1 fully saturated rings. The van der Waals surface area contributed by atoms with Crippen LogP contribution in [0.25, 0.3) is 0 Å². The average molecular weight is 269 g/mol. The van der Waals surface area contributed by atoms with E-state index in [-0.39, 0.29) is 5.41 Å². The molecule has 0 unspecified atom stereocenters. The molecule has 0 heterocycles. The molecule has 0 aliphatic heterocycles. The highest BCUT2D eigenvalue weighted by molar-refractivity contribution is 9.09. The monoisotopic (exact) mass is 268 g/mol. The third-order valence-corrected chi connectivity index (χ3v) is 4.57. The van der Waals surface area contributed by atoms with Crippen LogP contribution in [0.3, 0.4) is 0 Å². The summed E-state index contributed by atoms with van der Waals surface area (Å²) < 4.78 is 0. The Kier molecular flexibility index (Phi) is 2.38. The van der Waals surface area contributed by atoms with Crippen LogP contribution in [0, 0.1) is 5.41 Å². The third kappa shape index (κ3) is 1.33. The molecule has 1 saturated carbocycles. The van der Waals surface area contributed by atoms with Gasteiger partial charge in [-0.3, -0.25) is 4.79 Å². The summed E-state index contributed by atoms with van der Waals surface area (Å²) in [5, 5.41) is 9.92. The summed E-state index contributed by atoms with van der Waals surface area (Å²) in [6.07, 6.45) is 0.713. The van der Waals surface area contributed by atoms with E-state index in [4.69, 9.17) is 0 Å². The zero-order chi connectivity index (χ0) is 11.1. The van der Waals surface area contributed by atoms with Crippen LogP contribution in [-0.2, 0) is 10.2 Å². The van der Waals surface area contributed by atoms with Gasteiger partial charge in [-0.05, 0) is 18.9 Å². The molecule has 80 valence electrons. The minimum Gasteiger partial charge on any atom is -0.481 e. The van der Waals surface area contributed by atoms with Gasteiger partial charge in [-0.15, -0.1) is 0 Å². The minimum atomic E-state index is -0.703. The highest BCUT2D eigenvalue weighted by atomic mass is 79.9. The number of alkyl halides is 1. The van der Waals surface area contributed by atoms with E-state index in [1.54, 1.807) is 0 Å². The fraction of sp³-hybridized carbons (Fsp3) is 0.417. The van der Waals surface area contributed by atoms with E-state index < -0.39 is 11.4 Å². The first-order chi connectivity index (χ1) is 7.07. The molecule has 0 aromatic heterocycles. The molecule has 0 bridgehead atoms. The van der Waals surface area contributed by atoms with Crippen molar-refractivity contribution < 1.29 is 9.90 Å². The molecule has 1 aromatic rings. The zero-order valence-corrected chi connectivity index (χ0v) is 10.1. The lowest BCUT2D eigenvalue weighted by atomic mass is 9.89. The summed E-state index contributed by atoms with van der Waals surface area (Å²) >= 11 is 3.45. The number of hydrogen-bond donors (Lipinski definition) is 1. The lowest BCUT2D eigenvalue weighted by molar-refractivity contribution is -0.143. The molecule has 3 heteroatoms. The van der Waals surface area contributed by atoms with Gasteiger partial charge in [0.1, 0.15) is 0 Å². The Labute approximate surface area is 97.4 Å². The molecule has 2 atom stereocenters. The van der Waals surface area contributed by atoms with Gasteiger partial charge >= 0.3 is 5.97 Å². The van der Waals surface area contributed by atoms with Gasteiger partial charge in [0.25, 0.3) is 0 Å². The van der Waals surface area contributed by atoms with Crippen molar-refractivity contribution in [2.24, 2.45) is 5.41 Å². The van der Waals surface area contributed by atoms with Gasteiger partial charge in [-0.2, -0.15) is 0 Å². The van der Waals surface area contributed by atoms with E-state index in [1.807, 2.05) is 37.3 Å². The molecule has 2 nitrogen and oxygen atoms in total. The second-order valence-corrected chi connectivity index (χ2v) is 4.96. The molecule has 1 aliphatic carbocycles. The number of carbonyl (C=O) groups is 1. The number of rotatable bonds is 3. The van der Waals surface area contributed by atoms with E-state index >= 15 is 0 Å². The lowest BCUT2D eigenvalue weighted by Crippen LogP contribution is -2.25. The Morgan fingerprint density at radius 1 is 1.47 bits per heavy atom. The Morgan fingerprint density at radius 3 is 2.47 bits per heavy atom. The molecule has 1 N–H and O–H groups in total. The van der Waals surface area contributed by atoms with Gasteiger partial charge in [0.05, 0.1) is 5.41 Å². The molecule has 1 aliphatic rings.